The van der Waals surface area contributed by atoms with E-state index in [-0.39, 0.29) is 0 Å². The van der Waals surface area contributed by atoms with E-state index in [4.69, 9.17) is 23.2 Å². The molecular formula is C12H13Cl2N. The second kappa shape index (κ2) is 5.02. The largest absolute Gasteiger partial charge is 0.309 e. The molecule has 0 saturated heterocycles. The molecule has 0 aliphatic heterocycles. The Bertz CT molecular complexity index is 366. The van der Waals surface area contributed by atoms with Crippen LogP contribution in [0.15, 0.2) is 30.4 Å². The van der Waals surface area contributed by atoms with Crippen molar-refractivity contribution < 1.29 is 0 Å². The van der Waals surface area contributed by atoms with Crippen molar-refractivity contribution in [3.8, 4) is 0 Å². The molecular weight excluding hydrogens is 229 g/mol. The van der Waals surface area contributed by atoms with Gasteiger partial charge in [0.25, 0.3) is 0 Å². The standard InChI is InChI=1S/C12H13Cl2N/c13-11-7-3-4-9(12(11)14)8-15-10-5-1-2-6-10/h1-4,7,10,15H,5-6,8H2. The van der Waals surface area contributed by atoms with E-state index in [0.29, 0.717) is 16.1 Å². The highest BCUT2D eigenvalue weighted by Crippen LogP contribution is 2.25. The topological polar surface area (TPSA) is 12.0 Å². The van der Waals surface area contributed by atoms with Crippen molar-refractivity contribution in [1.82, 2.24) is 5.32 Å². The summed E-state index contributed by atoms with van der Waals surface area (Å²) >= 11 is 12.0. The first-order valence-corrected chi connectivity index (χ1v) is 5.84. The van der Waals surface area contributed by atoms with Crippen molar-refractivity contribution >= 4 is 23.2 Å². The van der Waals surface area contributed by atoms with Crippen LogP contribution in [0, 0.1) is 0 Å². The molecule has 0 saturated carbocycles. The summed E-state index contributed by atoms with van der Waals surface area (Å²) in [5.41, 5.74) is 1.07. The maximum Gasteiger partial charge on any atom is 0.0637 e. The number of nitrogens with one attached hydrogen (secondary N) is 1. The molecule has 3 heteroatoms. The molecule has 0 atom stereocenters. The molecule has 80 valence electrons. The van der Waals surface area contributed by atoms with E-state index < -0.39 is 0 Å². The Labute approximate surface area is 100 Å². The first kappa shape index (κ1) is 11.0. The molecule has 1 aromatic carbocycles. The zero-order chi connectivity index (χ0) is 10.7. The fourth-order valence-electron chi connectivity index (χ4n) is 1.72. The average Bonchev–Trinajstić information content (AvgIpc) is 2.73. The third kappa shape index (κ3) is 2.75. The van der Waals surface area contributed by atoms with Crippen molar-refractivity contribution in [3.63, 3.8) is 0 Å². The normalized spacial score (nSPS) is 16.1. The van der Waals surface area contributed by atoms with Crippen LogP contribution in [0.5, 0.6) is 0 Å². The lowest BCUT2D eigenvalue weighted by atomic mass is 10.2. The van der Waals surface area contributed by atoms with Gasteiger partial charge < -0.3 is 5.32 Å². The van der Waals surface area contributed by atoms with Crippen molar-refractivity contribution in [3.05, 3.63) is 46.0 Å². The summed E-state index contributed by atoms with van der Waals surface area (Å²) in [6, 6.07) is 6.30. The number of rotatable bonds is 3. The van der Waals surface area contributed by atoms with Crippen molar-refractivity contribution in [2.75, 3.05) is 0 Å². The molecule has 2 rings (SSSR count). The lowest BCUT2D eigenvalue weighted by molar-refractivity contribution is 0.538. The lowest BCUT2D eigenvalue weighted by Crippen LogP contribution is -2.25. The van der Waals surface area contributed by atoms with Gasteiger partial charge in [0.05, 0.1) is 10.0 Å². The van der Waals surface area contributed by atoms with Crippen LogP contribution < -0.4 is 5.32 Å². The molecule has 1 nitrogen and oxygen atoms in total. The Balaban J connectivity index is 1.95. The number of halogens is 2. The van der Waals surface area contributed by atoms with Gasteiger partial charge in [-0.1, -0.05) is 47.5 Å². The zero-order valence-electron chi connectivity index (χ0n) is 8.34. The van der Waals surface area contributed by atoms with Gasteiger partial charge in [-0.15, -0.1) is 0 Å². The van der Waals surface area contributed by atoms with Gasteiger partial charge in [0, 0.05) is 12.6 Å². The Morgan fingerprint density at radius 2 is 1.93 bits per heavy atom. The number of hydrogen-bond acceptors (Lipinski definition) is 1. The Morgan fingerprint density at radius 3 is 2.67 bits per heavy atom. The summed E-state index contributed by atoms with van der Waals surface area (Å²) < 4.78 is 0. The molecule has 1 N–H and O–H groups in total. The van der Waals surface area contributed by atoms with Crippen LogP contribution in [0.25, 0.3) is 0 Å². The molecule has 1 aliphatic rings. The molecule has 15 heavy (non-hydrogen) atoms. The number of benzene rings is 1. The average molecular weight is 242 g/mol. The highest BCUT2D eigenvalue weighted by molar-refractivity contribution is 6.42. The van der Waals surface area contributed by atoms with E-state index in [0.717, 1.165) is 24.9 Å². The number of hydrogen-bond donors (Lipinski definition) is 1. The summed E-state index contributed by atoms with van der Waals surface area (Å²) in [6.45, 7) is 0.783. The summed E-state index contributed by atoms with van der Waals surface area (Å²) in [7, 11) is 0. The zero-order valence-corrected chi connectivity index (χ0v) is 9.85. The molecule has 0 amide bonds. The van der Waals surface area contributed by atoms with Crippen molar-refractivity contribution in [2.45, 2.75) is 25.4 Å². The van der Waals surface area contributed by atoms with Gasteiger partial charge in [0.1, 0.15) is 0 Å². The van der Waals surface area contributed by atoms with E-state index in [1.807, 2.05) is 18.2 Å². The summed E-state index contributed by atoms with van der Waals surface area (Å²) in [6.07, 6.45) is 6.63. The Kier molecular flexibility index (Phi) is 3.68. The van der Waals surface area contributed by atoms with E-state index in [2.05, 4.69) is 17.5 Å². The fourth-order valence-corrected chi connectivity index (χ4v) is 2.11. The Morgan fingerprint density at radius 1 is 1.20 bits per heavy atom. The van der Waals surface area contributed by atoms with Gasteiger partial charge in [-0.25, -0.2) is 0 Å². The third-order valence-corrected chi connectivity index (χ3v) is 3.48. The van der Waals surface area contributed by atoms with Gasteiger partial charge >= 0.3 is 0 Å². The van der Waals surface area contributed by atoms with Gasteiger partial charge in [0.2, 0.25) is 0 Å². The summed E-state index contributed by atoms with van der Waals surface area (Å²) in [5.74, 6) is 0. The summed E-state index contributed by atoms with van der Waals surface area (Å²) in [5, 5.41) is 4.75. The molecule has 1 aromatic rings. The molecule has 0 aromatic heterocycles. The first-order valence-electron chi connectivity index (χ1n) is 5.08. The second-order valence-electron chi connectivity index (χ2n) is 3.73. The summed E-state index contributed by atoms with van der Waals surface area (Å²) in [4.78, 5) is 0. The van der Waals surface area contributed by atoms with Crippen LogP contribution in [-0.2, 0) is 6.54 Å². The van der Waals surface area contributed by atoms with Crippen LogP contribution in [-0.4, -0.2) is 6.04 Å². The van der Waals surface area contributed by atoms with E-state index in [1.54, 1.807) is 0 Å². The smallest absolute Gasteiger partial charge is 0.0637 e. The minimum absolute atomic E-state index is 0.556. The molecule has 0 fully saturated rings. The maximum absolute atomic E-state index is 6.09. The van der Waals surface area contributed by atoms with E-state index >= 15 is 0 Å². The van der Waals surface area contributed by atoms with Gasteiger partial charge in [-0.3, -0.25) is 0 Å². The van der Waals surface area contributed by atoms with Crippen LogP contribution in [0.2, 0.25) is 10.0 Å². The first-order chi connectivity index (χ1) is 7.27. The fraction of sp³-hybridized carbons (Fsp3) is 0.333. The second-order valence-corrected chi connectivity index (χ2v) is 4.52. The minimum Gasteiger partial charge on any atom is -0.309 e. The van der Waals surface area contributed by atoms with Gasteiger partial charge in [-0.05, 0) is 24.5 Å². The monoisotopic (exact) mass is 241 g/mol. The Hall–Kier alpha value is -0.500. The van der Waals surface area contributed by atoms with Crippen LogP contribution in [0.1, 0.15) is 18.4 Å². The highest BCUT2D eigenvalue weighted by atomic mass is 35.5. The molecule has 0 radical (unpaired) electrons. The molecule has 0 bridgehead atoms. The molecule has 1 aliphatic carbocycles. The molecule has 0 unspecified atom stereocenters. The van der Waals surface area contributed by atoms with Gasteiger partial charge in [-0.2, -0.15) is 0 Å². The van der Waals surface area contributed by atoms with Gasteiger partial charge in [0.15, 0.2) is 0 Å². The molecule has 0 heterocycles. The predicted molar refractivity (Wildman–Crippen MR) is 65.5 cm³/mol. The molecule has 0 spiro atoms. The minimum atomic E-state index is 0.556. The van der Waals surface area contributed by atoms with Crippen molar-refractivity contribution in [1.29, 1.82) is 0 Å². The predicted octanol–water partition coefficient (Wildman–Crippen LogP) is 3.80. The van der Waals surface area contributed by atoms with Crippen LogP contribution in [0.4, 0.5) is 0 Å². The maximum atomic E-state index is 6.09. The highest BCUT2D eigenvalue weighted by Gasteiger charge is 2.10. The van der Waals surface area contributed by atoms with Crippen LogP contribution >= 0.6 is 23.2 Å². The quantitative estimate of drug-likeness (QED) is 0.795. The third-order valence-electron chi connectivity index (χ3n) is 2.62. The SMILES string of the molecule is Clc1cccc(CNC2CC=CC2)c1Cl. The lowest BCUT2D eigenvalue weighted by Gasteiger charge is -2.13. The van der Waals surface area contributed by atoms with E-state index in [1.165, 1.54) is 0 Å². The van der Waals surface area contributed by atoms with E-state index in [9.17, 15) is 0 Å². The van der Waals surface area contributed by atoms with Crippen molar-refractivity contribution in [2.24, 2.45) is 0 Å². The van der Waals surface area contributed by atoms with Crippen LogP contribution in [0.3, 0.4) is 0 Å².